The molecule has 1 N–H and O–H groups in total. The van der Waals surface area contributed by atoms with Crippen LogP contribution in [0.25, 0.3) is 0 Å². The van der Waals surface area contributed by atoms with E-state index in [1.54, 1.807) is 0 Å². The van der Waals surface area contributed by atoms with Crippen molar-refractivity contribution in [2.45, 2.75) is 44.8 Å². The molecule has 2 unspecified atom stereocenters. The van der Waals surface area contributed by atoms with E-state index >= 15 is 0 Å². The average molecular weight is 230 g/mol. The SMILES string of the molecule is Cc1ccccc1CNC1CCN2CCCC12. The normalized spacial score (nSPS) is 28.5. The Morgan fingerprint density at radius 3 is 3.00 bits per heavy atom. The van der Waals surface area contributed by atoms with Crippen LogP contribution in [0.1, 0.15) is 30.4 Å². The van der Waals surface area contributed by atoms with E-state index in [4.69, 9.17) is 0 Å². The lowest BCUT2D eigenvalue weighted by molar-refractivity contribution is 0.298. The van der Waals surface area contributed by atoms with E-state index in [1.165, 1.54) is 43.5 Å². The molecule has 2 nitrogen and oxygen atoms in total. The van der Waals surface area contributed by atoms with Gasteiger partial charge in [0.25, 0.3) is 0 Å². The first-order chi connectivity index (χ1) is 8.34. The highest BCUT2D eigenvalue weighted by Crippen LogP contribution is 2.28. The van der Waals surface area contributed by atoms with Crippen molar-refractivity contribution < 1.29 is 0 Å². The third-order valence-electron chi connectivity index (χ3n) is 4.42. The molecule has 2 fully saturated rings. The van der Waals surface area contributed by atoms with Crippen molar-refractivity contribution in [1.82, 2.24) is 10.2 Å². The molecule has 2 atom stereocenters. The number of hydrogen-bond acceptors (Lipinski definition) is 2. The first-order valence-corrected chi connectivity index (χ1v) is 6.86. The summed E-state index contributed by atoms with van der Waals surface area (Å²) < 4.78 is 0. The van der Waals surface area contributed by atoms with Crippen molar-refractivity contribution in [2.75, 3.05) is 13.1 Å². The van der Waals surface area contributed by atoms with Crippen molar-refractivity contribution in [3.8, 4) is 0 Å². The van der Waals surface area contributed by atoms with Crippen LogP contribution in [0.3, 0.4) is 0 Å². The molecule has 1 aromatic rings. The molecule has 92 valence electrons. The third kappa shape index (κ3) is 2.24. The Labute approximate surface area is 104 Å². The van der Waals surface area contributed by atoms with Gasteiger partial charge >= 0.3 is 0 Å². The van der Waals surface area contributed by atoms with Gasteiger partial charge in [-0.2, -0.15) is 0 Å². The van der Waals surface area contributed by atoms with Gasteiger partial charge in [0.05, 0.1) is 0 Å². The summed E-state index contributed by atoms with van der Waals surface area (Å²) >= 11 is 0. The summed E-state index contributed by atoms with van der Waals surface area (Å²) in [6.45, 7) is 5.86. The highest BCUT2D eigenvalue weighted by Gasteiger charge is 2.36. The zero-order valence-corrected chi connectivity index (χ0v) is 10.7. The molecular formula is C15H22N2. The second-order valence-electron chi connectivity index (χ2n) is 5.45. The van der Waals surface area contributed by atoms with Gasteiger partial charge in [-0.3, -0.25) is 4.90 Å². The minimum absolute atomic E-state index is 0.720. The fourth-order valence-electron chi connectivity index (χ4n) is 3.37. The fraction of sp³-hybridized carbons (Fsp3) is 0.600. The van der Waals surface area contributed by atoms with Crippen LogP contribution in [0.2, 0.25) is 0 Å². The Kier molecular flexibility index (Phi) is 3.17. The van der Waals surface area contributed by atoms with Gasteiger partial charge in [-0.25, -0.2) is 0 Å². The Morgan fingerprint density at radius 2 is 2.12 bits per heavy atom. The monoisotopic (exact) mass is 230 g/mol. The molecule has 3 rings (SSSR count). The number of benzene rings is 1. The molecule has 2 heteroatoms. The van der Waals surface area contributed by atoms with Gasteiger partial charge in [-0.05, 0) is 43.9 Å². The molecule has 2 heterocycles. The predicted molar refractivity (Wildman–Crippen MR) is 71.0 cm³/mol. The molecule has 0 aromatic heterocycles. The lowest BCUT2D eigenvalue weighted by Crippen LogP contribution is -2.38. The van der Waals surface area contributed by atoms with Crippen LogP contribution < -0.4 is 5.32 Å². The zero-order chi connectivity index (χ0) is 11.7. The lowest BCUT2D eigenvalue weighted by Gasteiger charge is -2.21. The van der Waals surface area contributed by atoms with E-state index in [9.17, 15) is 0 Å². The van der Waals surface area contributed by atoms with Crippen molar-refractivity contribution in [1.29, 1.82) is 0 Å². The number of aryl methyl sites for hydroxylation is 1. The summed E-state index contributed by atoms with van der Waals surface area (Å²) in [5, 5.41) is 3.77. The highest BCUT2D eigenvalue weighted by molar-refractivity contribution is 5.25. The maximum Gasteiger partial charge on any atom is 0.0250 e. The van der Waals surface area contributed by atoms with Crippen molar-refractivity contribution in [2.24, 2.45) is 0 Å². The second-order valence-corrected chi connectivity index (χ2v) is 5.45. The Hall–Kier alpha value is -0.860. The summed E-state index contributed by atoms with van der Waals surface area (Å²) in [6, 6.07) is 10.2. The molecular weight excluding hydrogens is 208 g/mol. The van der Waals surface area contributed by atoms with Crippen LogP contribution in [0.15, 0.2) is 24.3 Å². The maximum atomic E-state index is 3.77. The van der Waals surface area contributed by atoms with E-state index in [-0.39, 0.29) is 0 Å². The quantitative estimate of drug-likeness (QED) is 0.857. The van der Waals surface area contributed by atoms with Crippen molar-refractivity contribution >= 4 is 0 Å². The second kappa shape index (κ2) is 4.79. The maximum absolute atomic E-state index is 3.77. The molecule has 2 aliphatic heterocycles. The molecule has 2 saturated heterocycles. The van der Waals surface area contributed by atoms with Gasteiger partial charge in [0.2, 0.25) is 0 Å². The van der Waals surface area contributed by atoms with E-state index in [2.05, 4.69) is 41.4 Å². The number of nitrogens with zero attached hydrogens (tertiary/aromatic N) is 1. The first kappa shape index (κ1) is 11.2. The zero-order valence-electron chi connectivity index (χ0n) is 10.7. The molecule has 0 spiro atoms. The minimum atomic E-state index is 0.720. The Bertz CT molecular complexity index is 388. The molecule has 1 aromatic carbocycles. The van der Waals surface area contributed by atoms with Gasteiger partial charge in [0, 0.05) is 25.2 Å². The predicted octanol–water partition coefficient (Wildman–Crippen LogP) is 2.32. The summed E-state index contributed by atoms with van der Waals surface area (Å²) in [7, 11) is 0. The Morgan fingerprint density at radius 1 is 1.24 bits per heavy atom. The molecule has 0 amide bonds. The van der Waals surface area contributed by atoms with Crippen molar-refractivity contribution in [3.63, 3.8) is 0 Å². The molecule has 0 radical (unpaired) electrons. The summed E-state index contributed by atoms with van der Waals surface area (Å²) in [6.07, 6.45) is 4.12. The largest absolute Gasteiger partial charge is 0.308 e. The van der Waals surface area contributed by atoms with Crippen molar-refractivity contribution in [3.05, 3.63) is 35.4 Å². The van der Waals surface area contributed by atoms with Crippen LogP contribution >= 0.6 is 0 Å². The number of nitrogens with one attached hydrogen (secondary N) is 1. The summed E-state index contributed by atoms with van der Waals surface area (Å²) in [4.78, 5) is 2.66. The van der Waals surface area contributed by atoms with Crippen LogP contribution in [-0.2, 0) is 6.54 Å². The summed E-state index contributed by atoms with van der Waals surface area (Å²) in [5.41, 5.74) is 2.85. The van der Waals surface area contributed by atoms with Crippen LogP contribution in [-0.4, -0.2) is 30.1 Å². The fourth-order valence-corrected chi connectivity index (χ4v) is 3.37. The van der Waals surface area contributed by atoms with E-state index in [1.807, 2.05) is 0 Å². The topological polar surface area (TPSA) is 15.3 Å². The van der Waals surface area contributed by atoms with E-state index < -0.39 is 0 Å². The van der Waals surface area contributed by atoms with E-state index in [0.29, 0.717) is 0 Å². The molecule has 17 heavy (non-hydrogen) atoms. The number of hydrogen-bond donors (Lipinski definition) is 1. The molecule has 0 saturated carbocycles. The smallest absolute Gasteiger partial charge is 0.0250 e. The average Bonchev–Trinajstić information content (AvgIpc) is 2.91. The molecule has 0 bridgehead atoms. The Balaban J connectivity index is 1.60. The van der Waals surface area contributed by atoms with Gasteiger partial charge in [-0.1, -0.05) is 24.3 Å². The summed E-state index contributed by atoms with van der Waals surface area (Å²) in [5.74, 6) is 0. The lowest BCUT2D eigenvalue weighted by atomic mass is 10.0. The van der Waals surface area contributed by atoms with Crippen LogP contribution in [0, 0.1) is 6.92 Å². The third-order valence-corrected chi connectivity index (χ3v) is 4.42. The van der Waals surface area contributed by atoms with Crippen LogP contribution in [0.5, 0.6) is 0 Å². The van der Waals surface area contributed by atoms with Gasteiger partial charge in [0.15, 0.2) is 0 Å². The number of fused-ring (bicyclic) bond motifs is 1. The van der Waals surface area contributed by atoms with Gasteiger partial charge in [-0.15, -0.1) is 0 Å². The van der Waals surface area contributed by atoms with Gasteiger partial charge < -0.3 is 5.32 Å². The first-order valence-electron chi connectivity index (χ1n) is 6.86. The van der Waals surface area contributed by atoms with Gasteiger partial charge in [0.1, 0.15) is 0 Å². The molecule has 0 aliphatic carbocycles. The highest BCUT2D eigenvalue weighted by atomic mass is 15.2. The van der Waals surface area contributed by atoms with E-state index in [0.717, 1.165) is 18.6 Å². The minimum Gasteiger partial charge on any atom is -0.308 e. The number of rotatable bonds is 3. The molecule has 2 aliphatic rings. The standard InChI is InChI=1S/C15H22N2/c1-12-5-2-3-6-13(12)11-16-14-8-10-17-9-4-7-15(14)17/h2-3,5-6,14-16H,4,7-11H2,1H3. The van der Waals surface area contributed by atoms with Crippen LogP contribution in [0.4, 0.5) is 0 Å².